The number of benzene rings is 1. The normalized spacial score (nSPS) is 12.1. The summed E-state index contributed by atoms with van der Waals surface area (Å²) < 4.78 is 11.2. The molecule has 0 unspecified atom stereocenters. The van der Waals surface area contributed by atoms with E-state index >= 15 is 0 Å². The van der Waals surface area contributed by atoms with Crippen molar-refractivity contribution in [3.63, 3.8) is 0 Å². The molecule has 2 nitrogen and oxygen atoms in total. The first-order valence-electron chi connectivity index (χ1n) is 6.95. The van der Waals surface area contributed by atoms with Gasteiger partial charge < -0.3 is 0 Å². The van der Waals surface area contributed by atoms with Gasteiger partial charge in [-0.25, -0.2) is 0 Å². The Kier molecular flexibility index (Phi) is 5.07. The van der Waals surface area contributed by atoms with E-state index in [4.69, 9.17) is 4.74 Å². The number of aromatic nitrogens is 1. The predicted molar refractivity (Wildman–Crippen MR) is 81.4 cm³/mol. The molecule has 3 heteroatoms. The molecular formula is C16H22NOTe+. The Morgan fingerprint density at radius 1 is 1.32 bits per heavy atom. The van der Waals surface area contributed by atoms with E-state index in [-0.39, 0.29) is 20.4 Å². The van der Waals surface area contributed by atoms with Crippen LogP contribution in [0.2, 0.25) is 0 Å². The van der Waals surface area contributed by atoms with E-state index in [9.17, 15) is 0 Å². The molecule has 1 aromatic heterocycles. The quantitative estimate of drug-likeness (QED) is 0.446. The molecule has 2 aromatic rings. The Morgan fingerprint density at radius 3 is 2.74 bits per heavy atom. The zero-order valence-electron chi connectivity index (χ0n) is 12.2. The van der Waals surface area contributed by atoms with Crippen LogP contribution in [0.15, 0.2) is 24.0 Å². The van der Waals surface area contributed by atoms with Crippen LogP contribution in [0.4, 0.5) is 0 Å². The molecule has 0 saturated carbocycles. The molecule has 0 fully saturated rings. The fraction of sp³-hybridized carbons (Fsp3) is 0.438. The zero-order chi connectivity index (χ0) is 13.8. The summed E-state index contributed by atoms with van der Waals surface area (Å²) in [5.41, 5.74) is 2.76. The summed E-state index contributed by atoms with van der Waals surface area (Å²) in [5, 5.41) is 0. The van der Waals surface area contributed by atoms with E-state index in [0.717, 1.165) is 25.3 Å². The summed E-state index contributed by atoms with van der Waals surface area (Å²) in [4.78, 5) is 0. The number of hydrogen-bond acceptors (Lipinski definition) is 1. The number of allylic oxidation sites excluding steroid dienone is 1. The second kappa shape index (κ2) is 6.59. The second-order valence-electron chi connectivity index (χ2n) is 4.55. The van der Waals surface area contributed by atoms with Crippen LogP contribution in [0.1, 0.15) is 36.5 Å². The maximum absolute atomic E-state index is 5.70. The molecule has 0 atom stereocenters. The molecule has 0 aliphatic heterocycles. The average molecular weight is 372 g/mol. The second-order valence-corrected chi connectivity index (χ2v) is 7.58. The van der Waals surface area contributed by atoms with Gasteiger partial charge in [-0.15, -0.1) is 0 Å². The van der Waals surface area contributed by atoms with Gasteiger partial charge in [0.25, 0.3) is 0 Å². The van der Waals surface area contributed by atoms with Crippen LogP contribution >= 0.6 is 0 Å². The minimum atomic E-state index is -0.264. The molecule has 1 aromatic carbocycles. The summed E-state index contributed by atoms with van der Waals surface area (Å²) in [6, 6.07) is 6.85. The molecule has 0 radical (unpaired) electrons. The summed E-state index contributed by atoms with van der Waals surface area (Å²) in [7, 11) is 0. The van der Waals surface area contributed by atoms with Crippen molar-refractivity contribution in [1.82, 2.24) is 0 Å². The van der Waals surface area contributed by atoms with Crippen molar-refractivity contribution in [3.8, 4) is 0 Å². The monoisotopic (exact) mass is 374 g/mol. The number of aryl methyl sites for hydroxylation is 2. The molecule has 0 saturated heterocycles. The Morgan fingerprint density at radius 2 is 2.11 bits per heavy atom. The first-order valence-corrected chi connectivity index (χ1v) is 9.29. The van der Waals surface area contributed by atoms with E-state index < -0.39 is 0 Å². The molecular weight excluding hydrogens is 350 g/mol. The van der Waals surface area contributed by atoms with Gasteiger partial charge in [0.2, 0.25) is 0 Å². The van der Waals surface area contributed by atoms with Crippen molar-refractivity contribution in [2.75, 3.05) is 6.61 Å². The molecule has 19 heavy (non-hydrogen) atoms. The summed E-state index contributed by atoms with van der Waals surface area (Å²) in [6.45, 7) is 10.4. The number of rotatable bonds is 5. The molecule has 2 rings (SSSR count). The number of hydrogen-bond donors (Lipinski definition) is 0. The minimum absolute atomic E-state index is 0.264. The van der Waals surface area contributed by atoms with Crippen LogP contribution in [-0.4, -0.2) is 27.0 Å². The van der Waals surface area contributed by atoms with E-state index in [1.807, 2.05) is 0 Å². The van der Waals surface area contributed by atoms with Crippen molar-refractivity contribution in [2.24, 2.45) is 0 Å². The zero-order valence-corrected chi connectivity index (χ0v) is 14.5. The van der Waals surface area contributed by atoms with E-state index in [2.05, 4.69) is 56.5 Å². The maximum atomic E-state index is 5.70. The van der Waals surface area contributed by atoms with Gasteiger partial charge in [0.1, 0.15) is 0 Å². The van der Waals surface area contributed by atoms with Crippen LogP contribution in [0.3, 0.4) is 0 Å². The van der Waals surface area contributed by atoms with Crippen LogP contribution in [0.25, 0.3) is 15.0 Å². The van der Waals surface area contributed by atoms with Gasteiger partial charge in [-0.05, 0) is 0 Å². The van der Waals surface area contributed by atoms with Crippen molar-refractivity contribution in [1.29, 1.82) is 0 Å². The summed E-state index contributed by atoms with van der Waals surface area (Å²) in [6.07, 6.45) is 3.25. The Labute approximate surface area is 125 Å². The van der Waals surface area contributed by atoms with Gasteiger partial charge in [-0.1, -0.05) is 0 Å². The van der Waals surface area contributed by atoms with Crippen LogP contribution in [-0.2, 0) is 11.3 Å². The molecule has 0 aliphatic carbocycles. The SMILES string of the molecule is CCOC(=Cc1[te]c2ccc(C)cc2[n+]1CC)CC. The first kappa shape index (κ1) is 14.6. The summed E-state index contributed by atoms with van der Waals surface area (Å²) >= 11 is -0.264. The van der Waals surface area contributed by atoms with Crippen LogP contribution in [0, 0.1) is 6.92 Å². The Bertz CT molecular complexity index is 598. The van der Waals surface area contributed by atoms with Gasteiger partial charge in [-0.3, -0.25) is 0 Å². The van der Waals surface area contributed by atoms with Gasteiger partial charge in [-0.2, -0.15) is 0 Å². The van der Waals surface area contributed by atoms with Crippen LogP contribution in [0.5, 0.6) is 0 Å². The fourth-order valence-corrected chi connectivity index (χ4v) is 5.53. The van der Waals surface area contributed by atoms with E-state index in [1.165, 1.54) is 14.8 Å². The van der Waals surface area contributed by atoms with Gasteiger partial charge in [0.05, 0.1) is 0 Å². The third-order valence-electron chi connectivity index (χ3n) is 3.16. The van der Waals surface area contributed by atoms with Crippen molar-refractivity contribution in [2.45, 2.75) is 40.7 Å². The third kappa shape index (κ3) is 3.22. The number of fused-ring (bicyclic) bond motifs is 1. The van der Waals surface area contributed by atoms with E-state index in [1.54, 1.807) is 3.40 Å². The topological polar surface area (TPSA) is 13.1 Å². The average Bonchev–Trinajstić information content (AvgIpc) is 2.74. The summed E-state index contributed by atoms with van der Waals surface area (Å²) in [5.74, 6) is 1.12. The third-order valence-corrected chi connectivity index (χ3v) is 6.34. The van der Waals surface area contributed by atoms with Crippen LogP contribution < -0.4 is 4.57 Å². The van der Waals surface area contributed by atoms with Gasteiger partial charge in [0.15, 0.2) is 0 Å². The molecule has 1 heterocycles. The molecule has 0 N–H and O–H groups in total. The molecule has 0 bridgehead atoms. The van der Waals surface area contributed by atoms with Crippen molar-refractivity contribution < 1.29 is 9.30 Å². The standard InChI is InChI=1S/C16H22NOTe/c1-5-13(18-7-3)11-16-17(6-2)14-10-12(4)8-9-15(14)19-16/h8-11H,5-7H2,1-4H3/q+1. The molecule has 0 aliphatic rings. The first-order chi connectivity index (χ1) is 9.19. The van der Waals surface area contributed by atoms with Crippen molar-refractivity contribution >= 4 is 35.4 Å². The Hall–Kier alpha value is -0.780. The fourth-order valence-electron chi connectivity index (χ4n) is 2.21. The number of ether oxygens (including phenoxy) is 1. The Balaban J connectivity index is 2.54. The van der Waals surface area contributed by atoms with E-state index in [0.29, 0.717) is 0 Å². The predicted octanol–water partition coefficient (Wildman–Crippen LogP) is 3.30. The molecule has 0 amide bonds. The number of nitrogens with zero attached hydrogens (tertiary/aromatic N) is 1. The van der Waals surface area contributed by atoms with Gasteiger partial charge >= 0.3 is 125 Å². The van der Waals surface area contributed by atoms with Crippen molar-refractivity contribution in [3.05, 3.63) is 33.2 Å². The van der Waals surface area contributed by atoms with Gasteiger partial charge in [0, 0.05) is 0 Å². The molecule has 102 valence electrons. The molecule has 0 spiro atoms.